The molecule has 4 aromatic rings. The van der Waals surface area contributed by atoms with Gasteiger partial charge in [0.1, 0.15) is 90.0 Å². The third-order valence-corrected chi connectivity index (χ3v) is 25.2. The standard InChI is InChI=1S/C89H138N34O19S2/c90-34-4-3-16-57-73(130)117-62(22-11-41-110-89(103)142)82(139)123-42-12-23-67(123)80(137)119-64(44-49-26-32-54(125)33-27-49)77(134)116-59(19-8-37-106-85(97)98)72(129)114-60(21-10-40-109-88(102)141)74(131)120-65(78(135)111-56(69(92)126)17-6-35-104-83(93)94)46-143-144-47-66(79(136)118-63(43-48-24-30-53(124)31-25-48)76(133)115-58(71(128)113-57)18-7-36-105-84(95)96)121-81(138)68(52-29-28-50-13-1-2-14-51(50)45-52)122-75(132)61(20-9-38-107-86(99)100)112-70(127)55(91)15-5-39-108-87(101)140/h1-2,13-14,24-33,45,55-68,124-125H,3-12,15-23,34-44,46-47,90-91H2,(H2,92,126)(H,111,135)(H,112,127)(H,113,128)(H,114,129)(H,115,133)(H,116,134)(H,117,130)(H,118,136)(H,119,137)(H,120,131)(H,121,138)(H,122,132)(H4,93,94,104)(H4,95,96,105)(H4,97,98,106)(H4,99,100,107)(H3,101,108,140)(H3,102,109,141)(H3,103,110,142)/t55-,56-,57+,58-,59-,60-,61-,62-,63+,64-,65+,66+,67+,68-/m0/s1. The molecule has 53 nitrogen and oxygen atoms in total. The molecule has 144 heavy (non-hydrogen) atoms. The average molecular weight is 2050 g/mol. The molecule has 2 saturated heterocycles. The monoisotopic (exact) mass is 2050 g/mol. The first-order valence-corrected chi connectivity index (χ1v) is 49.4. The number of primary amides is 4. The molecule has 2 aliphatic rings. The summed E-state index contributed by atoms with van der Waals surface area (Å²) in [6.07, 6.45) is -2.28. The topological polar surface area (TPSA) is 928 Å². The first-order valence-electron chi connectivity index (χ1n) is 46.9. The van der Waals surface area contributed by atoms with Crippen LogP contribution in [0.5, 0.6) is 11.5 Å². The van der Waals surface area contributed by atoms with E-state index in [1.54, 1.807) is 36.4 Å². The quantitative estimate of drug-likeness (QED) is 0.00846. The van der Waals surface area contributed by atoms with E-state index in [4.69, 9.17) is 80.3 Å². The lowest BCUT2D eigenvalue weighted by atomic mass is 10.00. The number of carbonyl (C=O) groups is 17. The van der Waals surface area contributed by atoms with Gasteiger partial charge in [-0.3, -0.25) is 87.1 Å². The van der Waals surface area contributed by atoms with Crippen molar-refractivity contribution in [2.24, 2.45) is 100 Å². The van der Waals surface area contributed by atoms with Gasteiger partial charge in [-0.25, -0.2) is 14.4 Å². The zero-order chi connectivity index (χ0) is 106. The van der Waals surface area contributed by atoms with E-state index in [9.17, 15) is 34.2 Å². The summed E-state index contributed by atoms with van der Waals surface area (Å²) < 4.78 is 0. The summed E-state index contributed by atoms with van der Waals surface area (Å²) in [5, 5.41) is 61.6. The fourth-order valence-electron chi connectivity index (χ4n) is 15.3. The third-order valence-electron chi connectivity index (χ3n) is 22.8. The second-order valence-corrected chi connectivity index (χ2v) is 36.7. The molecule has 0 unspecified atom stereocenters. The molecule has 0 aliphatic carbocycles. The van der Waals surface area contributed by atoms with Crippen LogP contribution in [-0.2, 0) is 80.0 Å². The summed E-state index contributed by atoms with van der Waals surface area (Å²) in [4.78, 5) is 266. The van der Waals surface area contributed by atoms with Crippen LogP contribution < -0.4 is 160 Å². The van der Waals surface area contributed by atoms with Gasteiger partial charge in [-0.1, -0.05) is 82.3 Å². The molecule has 55 heteroatoms. The lowest BCUT2D eigenvalue weighted by Crippen LogP contribution is -2.61. The van der Waals surface area contributed by atoms with Crippen molar-refractivity contribution >= 4 is 157 Å². The molecule has 14 atom stereocenters. The van der Waals surface area contributed by atoms with Crippen molar-refractivity contribution in [3.63, 3.8) is 0 Å². The van der Waals surface area contributed by atoms with Crippen molar-refractivity contribution in [1.82, 2.24) is 84.7 Å². The van der Waals surface area contributed by atoms with E-state index < -0.39 is 210 Å². The number of benzene rings is 4. The number of aromatic hydroxyl groups is 2. The van der Waals surface area contributed by atoms with Gasteiger partial charge in [-0.05, 0) is 186 Å². The second kappa shape index (κ2) is 62.2. The molecular formula is C89H138N34O19S2. The largest absolute Gasteiger partial charge is 0.508 e. The number of amides is 20. The number of nitrogens with two attached hydrogens (primary N) is 14. The van der Waals surface area contributed by atoms with E-state index in [-0.39, 0.29) is 227 Å². The van der Waals surface area contributed by atoms with E-state index in [0.717, 1.165) is 21.6 Å². The molecule has 6 rings (SSSR count). The minimum Gasteiger partial charge on any atom is -0.508 e. The number of carbonyl (C=O) groups excluding carboxylic acids is 17. The van der Waals surface area contributed by atoms with Gasteiger partial charge in [0.25, 0.3) is 0 Å². The maximum absolute atomic E-state index is 16.1. The van der Waals surface area contributed by atoms with E-state index in [1.807, 2.05) is 0 Å². The Morgan fingerprint density at radius 2 is 0.840 bits per heavy atom. The predicted octanol–water partition coefficient (Wildman–Crippen LogP) is -7.89. The summed E-state index contributed by atoms with van der Waals surface area (Å²) in [6.45, 7) is -0.812. The van der Waals surface area contributed by atoms with Crippen LogP contribution in [0.3, 0.4) is 0 Å². The molecule has 2 fully saturated rings. The highest BCUT2D eigenvalue weighted by Gasteiger charge is 2.43. The van der Waals surface area contributed by atoms with Crippen LogP contribution in [0.15, 0.2) is 111 Å². The molecule has 2 aliphatic heterocycles. The fourth-order valence-corrected chi connectivity index (χ4v) is 17.6. The Hall–Kier alpha value is -15.2. The van der Waals surface area contributed by atoms with Gasteiger partial charge in [-0.2, -0.15) is 0 Å². The van der Waals surface area contributed by atoms with Crippen LogP contribution in [0.1, 0.15) is 145 Å². The maximum atomic E-state index is 16.1. The van der Waals surface area contributed by atoms with Crippen LogP contribution in [-0.4, -0.2) is 289 Å². The number of nitrogens with zero attached hydrogens (tertiary/aromatic N) is 5. The van der Waals surface area contributed by atoms with Crippen LogP contribution in [0, 0.1) is 0 Å². The number of phenols is 2. The predicted molar refractivity (Wildman–Crippen MR) is 540 cm³/mol. The van der Waals surface area contributed by atoms with Crippen LogP contribution >= 0.6 is 21.6 Å². The highest BCUT2D eigenvalue weighted by Crippen LogP contribution is 2.28. The SMILES string of the molecule is NCCCC[C@H]1NC(=O)[C@H](CCCN=C(N)N)NC(=O)[C@@H](Cc2ccc(O)cc2)NC(=O)[C@H](NC(=O)[C@@H](NC(=O)[C@H](CCCN=C(N)N)NC(=O)[C@@H](N)CCCNC(N)=O)c2ccc3ccccc3c2)CSSC[C@H](C(=O)N[C@@H](CCCN=C(N)N)C(N)=O)NC(=O)[C@H](CCCNC(N)=O)NC(=O)[C@H](CCCN=C(N)N)NC(=O)[C@H](Cc2ccc(O)cc2)NC(=O)[C@H]2CCCN2C(=O)[C@H](CCCNC(N)=O)NC1=O. The lowest BCUT2D eigenvalue weighted by molar-refractivity contribution is -0.142. The van der Waals surface area contributed by atoms with E-state index >= 15 is 57.5 Å². The molecular weight excluding hydrogens is 1910 g/mol. The number of guanidine groups is 4. The zero-order valence-corrected chi connectivity index (χ0v) is 81.5. The Morgan fingerprint density at radius 1 is 0.417 bits per heavy atom. The van der Waals surface area contributed by atoms with E-state index in [1.165, 1.54) is 59.5 Å². The molecule has 2 heterocycles. The van der Waals surface area contributed by atoms with Crippen LogP contribution in [0.4, 0.5) is 14.4 Å². The van der Waals surface area contributed by atoms with Gasteiger partial charge >= 0.3 is 18.1 Å². The molecule has 4 aromatic carbocycles. The van der Waals surface area contributed by atoms with Crippen molar-refractivity contribution in [3.05, 3.63) is 108 Å². The average Bonchev–Trinajstić information content (AvgIpc) is 1.61. The number of hydrogen-bond acceptors (Lipinski definition) is 27. The van der Waals surface area contributed by atoms with Crippen LogP contribution in [0.2, 0.25) is 0 Å². The number of aliphatic imine (C=N–C) groups is 4. The third kappa shape index (κ3) is 43.1. The van der Waals surface area contributed by atoms with Crippen molar-refractivity contribution in [2.45, 2.75) is 219 Å². The zero-order valence-electron chi connectivity index (χ0n) is 79.8. The molecule has 0 spiro atoms. The van der Waals surface area contributed by atoms with Crippen molar-refractivity contribution in [3.8, 4) is 11.5 Å². The molecule has 0 aromatic heterocycles. The minimum absolute atomic E-state index is 0.0272. The number of fused-ring (bicyclic) bond motifs is 2. The van der Waals surface area contributed by atoms with Gasteiger partial charge in [0.2, 0.25) is 82.7 Å². The highest BCUT2D eigenvalue weighted by atomic mass is 33.1. The molecule has 20 amide bonds. The minimum atomic E-state index is -1.93. The van der Waals surface area contributed by atoms with E-state index in [0.29, 0.717) is 16.3 Å². The van der Waals surface area contributed by atoms with Gasteiger partial charge in [0.15, 0.2) is 23.8 Å². The normalized spacial score (nSPS) is 20.1. The first-order chi connectivity index (χ1) is 68.6. The Balaban J connectivity index is 1.63. The van der Waals surface area contributed by atoms with Crippen molar-refractivity contribution < 1.29 is 91.7 Å². The maximum Gasteiger partial charge on any atom is 0.312 e. The van der Waals surface area contributed by atoms with E-state index in [2.05, 4.69) is 99.7 Å². The number of urea groups is 3. The first kappa shape index (κ1) is 118. The number of unbranched alkanes of at least 4 members (excludes halogenated alkanes) is 1. The lowest BCUT2D eigenvalue weighted by Gasteiger charge is -2.31. The molecule has 0 saturated carbocycles. The molecule has 0 bridgehead atoms. The van der Waals surface area contributed by atoms with Gasteiger partial charge in [0, 0.05) is 76.7 Å². The molecule has 0 radical (unpaired) electrons. The number of rotatable bonds is 46. The summed E-state index contributed by atoms with van der Waals surface area (Å²) >= 11 is 0. The Morgan fingerprint density at radius 3 is 1.33 bits per heavy atom. The summed E-state index contributed by atoms with van der Waals surface area (Å²) in [7, 11) is 1.49. The highest BCUT2D eigenvalue weighted by molar-refractivity contribution is 8.76. The number of phenolic OH excluding ortho intramolecular Hbond substituents is 2. The van der Waals surface area contributed by atoms with Gasteiger partial charge in [-0.15, -0.1) is 0 Å². The smallest absolute Gasteiger partial charge is 0.312 e. The molecule has 45 N–H and O–H groups in total. The van der Waals surface area contributed by atoms with Gasteiger partial charge < -0.3 is 175 Å². The number of hydrogen-bond donors (Lipinski definition) is 31. The number of nitrogens with one attached hydrogen (secondary N) is 15. The van der Waals surface area contributed by atoms with Crippen molar-refractivity contribution in [1.29, 1.82) is 0 Å². The second-order valence-electron chi connectivity index (χ2n) is 34.1. The van der Waals surface area contributed by atoms with Crippen LogP contribution in [0.25, 0.3) is 10.8 Å². The summed E-state index contributed by atoms with van der Waals surface area (Å²) in [5.41, 5.74) is 80.5. The summed E-state index contributed by atoms with van der Waals surface area (Å²) in [6, 6.07) is -3.48. The molecule has 790 valence electrons. The Kier molecular flexibility index (Phi) is 50.8. The van der Waals surface area contributed by atoms with Gasteiger partial charge in [0.05, 0.1) is 6.04 Å². The summed E-state index contributed by atoms with van der Waals surface area (Å²) in [5.74, 6) is -17.5. The van der Waals surface area contributed by atoms with Crippen molar-refractivity contribution in [2.75, 3.05) is 70.4 Å². The fraction of sp³-hybridized carbons (Fsp3) is 0.517. The Labute approximate surface area is 838 Å². The Bertz CT molecular complexity index is 5130.